The van der Waals surface area contributed by atoms with Crippen molar-refractivity contribution in [3.63, 3.8) is 0 Å². The summed E-state index contributed by atoms with van der Waals surface area (Å²) in [5.41, 5.74) is 0. The van der Waals surface area contributed by atoms with Gasteiger partial charge >= 0.3 is 0 Å². The second-order valence-electron chi connectivity index (χ2n) is 6.62. The molecule has 0 aromatic heterocycles. The Balaban J connectivity index is 1.69. The Morgan fingerprint density at radius 3 is 1.96 bits per heavy atom. The molecule has 0 heterocycles. The van der Waals surface area contributed by atoms with Gasteiger partial charge in [-0.2, -0.15) is 0 Å². The SMILES string of the molecule is O=P(C(=S)N[C@H]1C[C@@H]2C=C[C@H]1C2)(c1ccccc1)c1ccccc1. The molecule has 122 valence electrons. The van der Waals surface area contributed by atoms with Crippen molar-refractivity contribution < 1.29 is 4.57 Å². The van der Waals surface area contributed by atoms with Gasteiger partial charge in [0.15, 0.2) is 7.14 Å². The van der Waals surface area contributed by atoms with Gasteiger partial charge in [-0.1, -0.05) is 85.0 Å². The lowest BCUT2D eigenvalue weighted by Crippen LogP contribution is -2.39. The normalized spacial score (nSPS) is 24.9. The molecule has 2 bridgehead atoms. The lowest BCUT2D eigenvalue weighted by molar-refractivity contribution is 0.527. The molecule has 2 aromatic rings. The van der Waals surface area contributed by atoms with Gasteiger partial charge < -0.3 is 9.88 Å². The molecule has 3 atom stereocenters. The fourth-order valence-corrected chi connectivity index (χ4v) is 6.94. The van der Waals surface area contributed by atoms with E-state index < -0.39 is 7.14 Å². The van der Waals surface area contributed by atoms with Crippen LogP contribution < -0.4 is 15.9 Å². The lowest BCUT2D eigenvalue weighted by atomic mass is 10.0. The van der Waals surface area contributed by atoms with Crippen LogP contribution >= 0.6 is 19.4 Å². The summed E-state index contributed by atoms with van der Waals surface area (Å²) >= 11 is 5.71. The number of thiocarbonyl (C=S) groups is 1. The number of fused-ring (bicyclic) bond motifs is 2. The molecule has 0 unspecified atom stereocenters. The monoisotopic (exact) mass is 353 g/mol. The zero-order valence-corrected chi connectivity index (χ0v) is 15.0. The Morgan fingerprint density at radius 2 is 1.50 bits per heavy atom. The van der Waals surface area contributed by atoms with Gasteiger partial charge in [0, 0.05) is 16.7 Å². The summed E-state index contributed by atoms with van der Waals surface area (Å²) in [6, 6.07) is 19.6. The van der Waals surface area contributed by atoms with E-state index in [1.807, 2.05) is 60.7 Å². The Labute approximate surface area is 148 Å². The van der Waals surface area contributed by atoms with E-state index in [2.05, 4.69) is 17.5 Å². The van der Waals surface area contributed by atoms with Crippen molar-refractivity contribution in [2.24, 2.45) is 11.8 Å². The molecule has 0 radical (unpaired) electrons. The van der Waals surface area contributed by atoms with Crippen molar-refractivity contribution >= 4 is 34.7 Å². The molecule has 4 heteroatoms. The minimum absolute atomic E-state index is 0.313. The molecule has 2 aromatic carbocycles. The van der Waals surface area contributed by atoms with Crippen LogP contribution in [0.2, 0.25) is 0 Å². The number of rotatable bonds is 4. The van der Waals surface area contributed by atoms with Gasteiger partial charge in [-0.25, -0.2) is 0 Å². The lowest BCUT2D eigenvalue weighted by Gasteiger charge is -2.27. The van der Waals surface area contributed by atoms with Gasteiger partial charge in [0.1, 0.15) is 4.73 Å². The molecule has 0 saturated heterocycles. The highest BCUT2D eigenvalue weighted by Crippen LogP contribution is 2.46. The first kappa shape index (κ1) is 15.8. The molecule has 4 rings (SSSR count). The van der Waals surface area contributed by atoms with Gasteiger partial charge in [0.25, 0.3) is 0 Å². The molecule has 2 aliphatic rings. The summed E-state index contributed by atoms with van der Waals surface area (Å²) < 4.78 is 14.6. The highest BCUT2D eigenvalue weighted by atomic mass is 32.1. The van der Waals surface area contributed by atoms with Crippen LogP contribution in [-0.4, -0.2) is 10.8 Å². The van der Waals surface area contributed by atoms with Crippen LogP contribution in [0.4, 0.5) is 0 Å². The van der Waals surface area contributed by atoms with Gasteiger partial charge in [-0.3, -0.25) is 0 Å². The Kier molecular flexibility index (Phi) is 4.15. The molecule has 1 fully saturated rings. The van der Waals surface area contributed by atoms with Crippen molar-refractivity contribution in [3.8, 4) is 0 Å². The third kappa shape index (κ3) is 2.66. The van der Waals surface area contributed by atoms with Gasteiger partial charge in [-0.05, 0) is 24.7 Å². The maximum Gasteiger partial charge on any atom is 0.196 e. The third-order valence-electron chi connectivity index (χ3n) is 5.11. The van der Waals surface area contributed by atoms with E-state index in [9.17, 15) is 4.57 Å². The van der Waals surface area contributed by atoms with Crippen LogP contribution in [0.15, 0.2) is 72.8 Å². The number of hydrogen-bond acceptors (Lipinski definition) is 2. The van der Waals surface area contributed by atoms with Crippen molar-refractivity contribution in [1.29, 1.82) is 0 Å². The minimum atomic E-state index is -2.99. The van der Waals surface area contributed by atoms with E-state index in [1.165, 1.54) is 6.42 Å². The quantitative estimate of drug-likeness (QED) is 0.514. The summed E-state index contributed by atoms with van der Waals surface area (Å²) in [6.45, 7) is 0. The first-order chi connectivity index (χ1) is 11.7. The van der Waals surface area contributed by atoms with Crippen LogP contribution in [0.25, 0.3) is 0 Å². The number of benzene rings is 2. The van der Waals surface area contributed by atoms with Crippen molar-refractivity contribution in [2.45, 2.75) is 18.9 Å². The van der Waals surface area contributed by atoms with Gasteiger partial charge in [0.05, 0.1) is 0 Å². The van der Waals surface area contributed by atoms with E-state index in [-0.39, 0.29) is 0 Å². The zero-order chi connectivity index (χ0) is 16.6. The smallest absolute Gasteiger partial charge is 0.196 e. The predicted molar refractivity (Wildman–Crippen MR) is 105 cm³/mol. The topological polar surface area (TPSA) is 29.1 Å². The van der Waals surface area contributed by atoms with Crippen LogP contribution in [-0.2, 0) is 4.57 Å². The van der Waals surface area contributed by atoms with Crippen LogP contribution in [0.1, 0.15) is 12.8 Å². The maximum absolute atomic E-state index is 14.1. The predicted octanol–water partition coefficient (Wildman–Crippen LogP) is 3.84. The average molecular weight is 353 g/mol. The van der Waals surface area contributed by atoms with Crippen LogP contribution in [0.5, 0.6) is 0 Å². The summed E-state index contributed by atoms with van der Waals surface area (Å²) in [6.07, 6.45) is 6.87. The molecule has 0 amide bonds. The summed E-state index contributed by atoms with van der Waals surface area (Å²) in [7, 11) is -2.99. The standard InChI is InChI=1S/C20H20NOPS/c22-23(17-7-3-1-4-8-17,18-9-5-2-6-10-18)20(24)21-19-14-15-11-12-16(19)13-15/h1-12,15-16,19H,13-14H2,(H,21,24)/t15-,16+,19+/m1/s1. The third-order valence-corrected chi connectivity index (χ3v) is 8.75. The molecule has 0 aliphatic heterocycles. The highest BCUT2D eigenvalue weighted by molar-refractivity contribution is 8.07. The first-order valence-corrected chi connectivity index (χ1v) is 10.5. The fourth-order valence-electron chi connectivity index (χ4n) is 3.86. The maximum atomic E-state index is 14.1. The zero-order valence-electron chi connectivity index (χ0n) is 13.3. The molecule has 1 N–H and O–H groups in total. The summed E-state index contributed by atoms with van der Waals surface area (Å²) in [5.74, 6) is 1.18. The van der Waals surface area contributed by atoms with Crippen LogP contribution in [0, 0.1) is 11.8 Å². The highest BCUT2D eigenvalue weighted by Gasteiger charge is 2.39. The van der Waals surface area contributed by atoms with Crippen molar-refractivity contribution in [3.05, 3.63) is 72.8 Å². The molecule has 2 nitrogen and oxygen atoms in total. The van der Waals surface area contributed by atoms with E-state index in [1.54, 1.807) is 0 Å². The van der Waals surface area contributed by atoms with Crippen LogP contribution in [0.3, 0.4) is 0 Å². The van der Waals surface area contributed by atoms with Gasteiger partial charge in [-0.15, -0.1) is 0 Å². The molecular weight excluding hydrogens is 333 g/mol. The Hall–Kier alpha value is -1.70. The van der Waals surface area contributed by atoms with E-state index in [4.69, 9.17) is 12.2 Å². The second kappa shape index (κ2) is 6.31. The Morgan fingerprint density at radius 1 is 0.917 bits per heavy atom. The molecule has 2 aliphatic carbocycles. The molecule has 1 saturated carbocycles. The Bertz CT molecular complexity index is 775. The van der Waals surface area contributed by atoms with E-state index >= 15 is 0 Å². The molecular formula is C20H20NOPS. The average Bonchev–Trinajstić information content (AvgIpc) is 3.25. The fraction of sp³-hybridized carbons (Fsp3) is 0.250. The van der Waals surface area contributed by atoms with E-state index in [0.717, 1.165) is 17.0 Å². The van der Waals surface area contributed by atoms with Gasteiger partial charge in [0.2, 0.25) is 0 Å². The van der Waals surface area contributed by atoms with Crippen molar-refractivity contribution in [1.82, 2.24) is 5.32 Å². The van der Waals surface area contributed by atoms with Crippen molar-refractivity contribution in [2.75, 3.05) is 0 Å². The number of allylic oxidation sites excluding steroid dienone is 1. The second-order valence-corrected chi connectivity index (χ2v) is 10.0. The molecule has 24 heavy (non-hydrogen) atoms. The summed E-state index contributed by atoms with van der Waals surface area (Å²) in [4.78, 5) is 0. The largest absolute Gasteiger partial charge is 0.370 e. The number of nitrogens with one attached hydrogen (secondary N) is 1. The first-order valence-electron chi connectivity index (χ1n) is 8.38. The molecule has 0 spiro atoms. The summed E-state index contributed by atoms with van der Waals surface area (Å²) in [5, 5.41) is 5.06. The minimum Gasteiger partial charge on any atom is -0.370 e. The number of hydrogen-bond donors (Lipinski definition) is 1. The van der Waals surface area contributed by atoms with E-state index in [0.29, 0.717) is 22.6 Å².